The zero-order chi connectivity index (χ0) is 14.5. The first kappa shape index (κ1) is 15.1. The fourth-order valence-corrected chi connectivity index (χ4v) is 2.32. The molecule has 1 atom stereocenters. The summed E-state index contributed by atoms with van der Waals surface area (Å²) in [6, 6.07) is 8.17. The molecule has 0 aliphatic rings. The molecular weight excluding hydrogens is 325 g/mol. The molecule has 3 nitrogen and oxygen atoms in total. The van der Waals surface area contributed by atoms with Gasteiger partial charge in [-0.05, 0) is 47.1 Å². The first-order chi connectivity index (χ1) is 9.65. The summed E-state index contributed by atoms with van der Waals surface area (Å²) in [6.07, 6.45) is 0.955. The first-order valence-electron chi connectivity index (χ1n) is 6.47. The molecule has 1 unspecified atom stereocenters. The predicted molar refractivity (Wildman–Crippen MR) is 79.5 cm³/mol. The van der Waals surface area contributed by atoms with Crippen molar-refractivity contribution < 1.29 is 13.5 Å². The van der Waals surface area contributed by atoms with E-state index in [1.54, 1.807) is 18.2 Å². The van der Waals surface area contributed by atoms with Crippen LogP contribution >= 0.6 is 15.9 Å². The van der Waals surface area contributed by atoms with Crippen molar-refractivity contribution >= 4 is 15.9 Å². The molecule has 1 aromatic carbocycles. The molecule has 0 aliphatic heterocycles. The van der Waals surface area contributed by atoms with Crippen molar-refractivity contribution in [2.75, 3.05) is 13.7 Å². The minimum atomic E-state index is -0.314. The van der Waals surface area contributed by atoms with Gasteiger partial charge in [0.1, 0.15) is 17.3 Å². The maximum atomic E-state index is 14.2. The Morgan fingerprint density at radius 3 is 2.70 bits per heavy atom. The maximum absolute atomic E-state index is 14.2. The lowest BCUT2D eigenvalue weighted by molar-refractivity contribution is 0.405. The lowest BCUT2D eigenvalue weighted by Gasteiger charge is -2.18. The van der Waals surface area contributed by atoms with E-state index in [0.29, 0.717) is 21.7 Å². The summed E-state index contributed by atoms with van der Waals surface area (Å²) in [4.78, 5) is 0. The van der Waals surface area contributed by atoms with Gasteiger partial charge in [-0.1, -0.05) is 13.0 Å². The Labute approximate surface area is 126 Å². The van der Waals surface area contributed by atoms with Gasteiger partial charge in [-0.15, -0.1) is 0 Å². The summed E-state index contributed by atoms with van der Waals surface area (Å²) in [5, 5.41) is 3.30. The van der Waals surface area contributed by atoms with Crippen LogP contribution in [0.5, 0.6) is 5.75 Å². The first-order valence-corrected chi connectivity index (χ1v) is 7.27. The van der Waals surface area contributed by atoms with Crippen molar-refractivity contribution in [3.8, 4) is 5.75 Å². The highest BCUT2D eigenvalue weighted by molar-refractivity contribution is 9.10. The van der Waals surface area contributed by atoms with Crippen molar-refractivity contribution in [2.24, 2.45) is 0 Å². The van der Waals surface area contributed by atoms with Crippen LogP contribution in [0.25, 0.3) is 0 Å². The van der Waals surface area contributed by atoms with Gasteiger partial charge in [0.05, 0.1) is 13.2 Å². The van der Waals surface area contributed by atoms with Crippen molar-refractivity contribution in [2.45, 2.75) is 19.4 Å². The topological polar surface area (TPSA) is 34.4 Å². The van der Waals surface area contributed by atoms with E-state index in [4.69, 9.17) is 9.15 Å². The van der Waals surface area contributed by atoms with Crippen LogP contribution in [0.3, 0.4) is 0 Å². The van der Waals surface area contributed by atoms with Crippen LogP contribution in [-0.4, -0.2) is 13.7 Å². The Morgan fingerprint density at radius 1 is 1.35 bits per heavy atom. The smallest absolute Gasteiger partial charge is 0.169 e. The molecule has 0 fully saturated rings. The molecule has 0 bridgehead atoms. The zero-order valence-electron chi connectivity index (χ0n) is 11.5. The van der Waals surface area contributed by atoms with Crippen LogP contribution in [0, 0.1) is 5.82 Å². The van der Waals surface area contributed by atoms with E-state index < -0.39 is 0 Å². The molecule has 1 N–H and O–H groups in total. The van der Waals surface area contributed by atoms with Crippen LogP contribution in [0.2, 0.25) is 0 Å². The third-order valence-corrected chi connectivity index (χ3v) is 3.42. The average molecular weight is 342 g/mol. The van der Waals surface area contributed by atoms with Gasteiger partial charge in [0, 0.05) is 11.6 Å². The lowest BCUT2D eigenvalue weighted by atomic mass is 10.0. The summed E-state index contributed by atoms with van der Waals surface area (Å²) in [5.41, 5.74) is 0.543. The van der Waals surface area contributed by atoms with Gasteiger partial charge in [0.2, 0.25) is 0 Å². The highest BCUT2D eigenvalue weighted by Crippen LogP contribution is 2.29. The Balaban J connectivity index is 2.35. The quantitative estimate of drug-likeness (QED) is 0.851. The van der Waals surface area contributed by atoms with Gasteiger partial charge in [-0.2, -0.15) is 0 Å². The highest BCUT2D eigenvalue weighted by Gasteiger charge is 2.20. The van der Waals surface area contributed by atoms with E-state index in [1.807, 2.05) is 6.07 Å². The van der Waals surface area contributed by atoms with Crippen molar-refractivity contribution in [3.63, 3.8) is 0 Å². The summed E-state index contributed by atoms with van der Waals surface area (Å²) >= 11 is 3.27. The Kier molecular flexibility index (Phi) is 5.20. The molecule has 0 aliphatic carbocycles. The molecule has 2 rings (SSSR count). The van der Waals surface area contributed by atoms with Crippen LogP contribution in [0.1, 0.15) is 30.7 Å². The van der Waals surface area contributed by atoms with Gasteiger partial charge >= 0.3 is 0 Å². The van der Waals surface area contributed by atoms with Gasteiger partial charge < -0.3 is 14.5 Å². The Hall–Kier alpha value is -1.33. The number of nitrogens with one attached hydrogen (secondary N) is 1. The number of hydrogen-bond acceptors (Lipinski definition) is 3. The number of benzene rings is 1. The minimum absolute atomic E-state index is 0.313. The van der Waals surface area contributed by atoms with E-state index in [9.17, 15) is 4.39 Å². The summed E-state index contributed by atoms with van der Waals surface area (Å²) in [7, 11) is 1.52. The standard InChI is InChI=1S/C15H17BrFNO2/c1-3-8-18-15(13-6-7-14(16)20-13)11-5-4-10(19-2)9-12(11)17/h4-7,9,15,18H,3,8H2,1-2H3. The molecule has 0 radical (unpaired) electrons. The fraction of sp³-hybridized carbons (Fsp3) is 0.333. The molecular formula is C15H17BrFNO2. The largest absolute Gasteiger partial charge is 0.497 e. The SMILES string of the molecule is CCCNC(c1ccc(Br)o1)c1ccc(OC)cc1F. The number of furan rings is 1. The molecule has 0 saturated heterocycles. The Bertz CT molecular complexity index is 571. The average Bonchev–Trinajstić information content (AvgIpc) is 2.87. The normalized spacial score (nSPS) is 12.4. The van der Waals surface area contributed by atoms with E-state index >= 15 is 0 Å². The van der Waals surface area contributed by atoms with E-state index in [0.717, 1.165) is 13.0 Å². The van der Waals surface area contributed by atoms with Gasteiger partial charge in [-0.25, -0.2) is 4.39 Å². The summed E-state index contributed by atoms with van der Waals surface area (Å²) in [6.45, 7) is 2.83. The molecule has 1 heterocycles. The number of halogens is 2. The fourth-order valence-electron chi connectivity index (χ4n) is 2.00. The second-order valence-electron chi connectivity index (χ2n) is 4.42. The minimum Gasteiger partial charge on any atom is -0.497 e. The van der Waals surface area contributed by atoms with E-state index in [1.165, 1.54) is 13.2 Å². The van der Waals surface area contributed by atoms with Crippen molar-refractivity contribution in [3.05, 3.63) is 52.1 Å². The molecule has 0 saturated carbocycles. The summed E-state index contributed by atoms with van der Waals surface area (Å²) in [5.74, 6) is 0.862. The highest BCUT2D eigenvalue weighted by atomic mass is 79.9. The second-order valence-corrected chi connectivity index (χ2v) is 5.20. The maximum Gasteiger partial charge on any atom is 0.169 e. The van der Waals surface area contributed by atoms with Crippen LogP contribution in [-0.2, 0) is 0 Å². The number of hydrogen-bond donors (Lipinski definition) is 1. The molecule has 20 heavy (non-hydrogen) atoms. The zero-order valence-corrected chi connectivity index (χ0v) is 13.0. The predicted octanol–water partition coefficient (Wildman–Crippen LogP) is 4.28. The molecule has 5 heteroatoms. The van der Waals surface area contributed by atoms with E-state index in [2.05, 4.69) is 28.2 Å². The second kappa shape index (κ2) is 6.90. The third kappa shape index (κ3) is 3.41. The summed E-state index contributed by atoms with van der Waals surface area (Å²) < 4.78 is 25.5. The third-order valence-electron chi connectivity index (χ3n) is 3.00. The monoisotopic (exact) mass is 341 g/mol. The van der Waals surface area contributed by atoms with Crippen LogP contribution < -0.4 is 10.1 Å². The lowest BCUT2D eigenvalue weighted by Crippen LogP contribution is -2.23. The number of rotatable bonds is 6. The van der Waals surface area contributed by atoms with Gasteiger partial charge in [0.25, 0.3) is 0 Å². The molecule has 0 amide bonds. The molecule has 0 spiro atoms. The van der Waals surface area contributed by atoms with Gasteiger partial charge in [0.15, 0.2) is 4.67 Å². The number of ether oxygens (including phenoxy) is 1. The molecule has 1 aromatic heterocycles. The Morgan fingerprint density at radius 2 is 2.15 bits per heavy atom. The van der Waals surface area contributed by atoms with E-state index in [-0.39, 0.29) is 11.9 Å². The van der Waals surface area contributed by atoms with Gasteiger partial charge in [-0.3, -0.25) is 0 Å². The van der Waals surface area contributed by atoms with Crippen molar-refractivity contribution in [1.29, 1.82) is 0 Å². The van der Waals surface area contributed by atoms with Crippen molar-refractivity contribution in [1.82, 2.24) is 5.32 Å². The molecule has 108 valence electrons. The molecule has 2 aromatic rings. The van der Waals surface area contributed by atoms with Crippen LogP contribution in [0.15, 0.2) is 39.4 Å². The van der Waals surface area contributed by atoms with Crippen LogP contribution in [0.4, 0.5) is 4.39 Å². The number of methoxy groups -OCH3 is 1.